The molecule has 0 bridgehead atoms. The van der Waals surface area contributed by atoms with E-state index in [0.717, 1.165) is 43.4 Å². The van der Waals surface area contributed by atoms with E-state index in [1.807, 2.05) is 18.2 Å². The Kier molecular flexibility index (Phi) is 6.77. The summed E-state index contributed by atoms with van der Waals surface area (Å²) in [5.41, 5.74) is 10.1. The van der Waals surface area contributed by atoms with Crippen LogP contribution in [0, 0.1) is 0 Å². The summed E-state index contributed by atoms with van der Waals surface area (Å²) in [7, 11) is 0. The fourth-order valence-electron chi connectivity index (χ4n) is 3.97. The highest BCUT2D eigenvalue weighted by atomic mass is 35.5. The topological polar surface area (TPSA) is 93.5 Å². The van der Waals surface area contributed by atoms with Gasteiger partial charge in [0, 0.05) is 23.5 Å². The quantitative estimate of drug-likeness (QED) is 0.665. The molecule has 1 fully saturated rings. The van der Waals surface area contributed by atoms with E-state index in [-0.39, 0.29) is 30.3 Å². The lowest BCUT2D eigenvalue weighted by Gasteiger charge is -2.26. The van der Waals surface area contributed by atoms with E-state index in [1.54, 1.807) is 24.3 Å². The predicted molar refractivity (Wildman–Crippen MR) is 115 cm³/mol. The van der Waals surface area contributed by atoms with Crippen LogP contribution in [0.25, 0.3) is 0 Å². The molecule has 2 aliphatic rings. The van der Waals surface area contributed by atoms with Crippen LogP contribution >= 0.6 is 12.4 Å². The molecule has 2 atom stereocenters. The van der Waals surface area contributed by atoms with Crippen LogP contribution in [0.2, 0.25) is 0 Å². The van der Waals surface area contributed by atoms with Gasteiger partial charge in [-0.3, -0.25) is 9.59 Å². The van der Waals surface area contributed by atoms with Gasteiger partial charge in [-0.2, -0.15) is 0 Å². The first-order valence-electron chi connectivity index (χ1n) is 9.82. The first-order chi connectivity index (χ1) is 13.6. The van der Waals surface area contributed by atoms with Crippen molar-refractivity contribution in [2.24, 2.45) is 0 Å². The lowest BCUT2D eigenvalue weighted by atomic mass is 9.87. The number of hydrogen-bond acceptors (Lipinski definition) is 4. The van der Waals surface area contributed by atoms with Crippen LogP contribution in [0.4, 0.5) is 11.4 Å². The van der Waals surface area contributed by atoms with Gasteiger partial charge in [-0.1, -0.05) is 12.1 Å². The fourth-order valence-corrected chi connectivity index (χ4v) is 3.97. The number of nitrogens with two attached hydrogens (primary N) is 1. The van der Waals surface area contributed by atoms with E-state index in [9.17, 15) is 9.59 Å². The zero-order chi connectivity index (χ0) is 19.5. The second-order valence-corrected chi connectivity index (χ2v) is 7.45. The molecule has 0 aromatic heterocycles. The number of halogens is 1. The van der Waals surface area contributed by atoms with Gasteiger partial charge in [0.15, 0.2) is 0 Å². The molecule has 2 aromatic carbocycles. The van der Waals surface area contributed by atoms with Crippen LogP contribution in [0.15, 0.2) is 42.5 Å². The van der Waals surface area contributed by atoms with Crippen LogP contribution in [0.5, 0.6) is 0 Å². The van der Waals surface area contributed by atoms with E-state index in [0.29, 0.717) is 17.9 Å². The molecule has 0 radical (unpaired) electrons. The van der Waals surface area contributed by atoms with Gasteiger partial charge in [0.1, 0.15) is 6.10 Å². The maximum atomic E-state index is 12.8. The van der Waals surface area contributed by atoms with Crippen molar-refractivity contribution < 1.29 is 14.3 Å². The Balaban J connectivity index is 0.00000240. The molecule has 1 saturated heterocycles. The van der Waals surface area contributed by atoms with Gasteiger partial charge in [-0.25, -0.2) is 0 Å². The highest BCUT2D eigenvalue weighted by molar-refractivity contribution is 5.98. The van der Waals surface area contributed by atoms with Gasteiger partial charge in [-0.05, 0) is 73.6 Å². The van der Waals surface area contributed by atoms with Gasteiger partial charge in [0.25, 0.3) is 11.8 Å². The molecular formula is C22H26ClN3O3. The Morgan fingerprint density at radius 1 is 1.07 bits per heavy atom. The maximum Gasteiger partial charge on any atom is 0.253 e. The summed E-state index contributed by atoms with van der Waals surface area (Å²) in [5.74, 6) is -0.309. The molecule has 1 heterocycles. The van der Waals surface area contributed by atoms with Crippen LogP contribution in [0.1, 0.15) is 53.2 Å². The van der Waals surface area contributed by atoms with Crippen molar-refractivity contribution in [2.75, 3.05) is 17.7 Å². The lowest BCUT2D eigenvalue weighted by molar-refractivity contribution is -0.124. The van der Waals surface area contributed by atoms with Crippen molar-refractivity contribution in [1.82, 2.24) is 5.32 Å². The molecule has 4 N–H and O–H groups in total. The monoisotopic (exact) mass is 415 g/mol. The number of aryl methyl sites for hydroxylation is 1. The van der Waals surface area contributed by atoms with Crippen molar-refractivity contribution in [2.45, 2.75) is 44.2 Å². The number of carbonyl (C=O) groups is 2. The van der Waals surface area contributed by atoms with Gasteiger partial charge in [0.05, 0.1) is 6.04 Å². The molecule has 1 aliphatic carbocycles. The number of anilines is 2. The van der Waals surface area contributed by atoms with Crippen molar-refractivity contribution in [3.63, 3.8) is 0 Å². The average Bonchev–Trinajstić information content (AvgIpc) is 3.23. The molecule has 4 rings (SSSR count). The first kappa shape index (κ1) is 21.1. The van der Waals surface area contributed by atoms with Gasteiger partial charge >= 0.3 is 0 Å². The summed E-state index contributed by atoms with van der Waals surface area (Å²) in [6.07, 6.45) is 4.13. The molecule has 7 heteroatoms. The Labute approximate surface area is 176 Å². The second-order valence-electron chi connectivity index (χ2n) is 7.45. The third-order valence-corrected chi connectivity index (χ3v) is 5.40. The highest BCUT2D eigenvalue weighted by Gasteiger charge is 2.24. The van der Waals surface area contributed by atoms with Crippen LogP contribution in [-0.4, -0.2) is 24.5 Å². The number of rotatable bonds is 4. The number of nitrogen functional groups attached to an aromatic ring is 1. The molecule has 6 nitrogen and oxygen atoms in total. The minimum atomic E-state index is -0.399. The zero-order valence-corrected chi connectivity index (χ0v) is 17.0. The van der Waals surface area contributed by atoms with Crippen LogP contribution < -0.4 is 16.4 Å². The van der Waals surface area contributed by atoms with E-state index >= 15 is 0 Å². The highest BCUT2D eigenvalue weighted by Crippen LogP contribution is 2.31. The maximum absolute atomic E-state index is 12.8. The molecule has 2 unspecified atom stereocenters. The molecule has 0 spiro atoms. The van der Waals surface area contributed by atoms with E-state index in [1.165, 1.54) is 5.56 Å². The van der Waals surface area contributed by atoms with Gasteiger partial charge in [0.2, 0.25) is 0 Å². The number of amides is 2. The molecule has 29 heavy (non-hydrogen) atoms. The van der Waals surface area contributed by atoms with E-state index in [4.69, 9.17) is 10.5 Å². The van der Waals surface area contributed by atoms with E-state index in [2.05, 4.69) is 10.6 Å². The Hall–Kier alpha value is -2.57. The summed E-state index contributed by atoms with van der Waals surface area (Å²) in [6, 6.07) is 12.9. The summed E-state index contributed by atoms with van der Waals surface area (Å²) < 4.78 is 5.41. The van der Waals surface area contributed by atoms with E-state index < -0.39 is 6.10 Å². The lowest BCUT2D eigenvalue weighted by Crippen LogP contribution is -2.31. The minimum absolute atomic E-state index is 0. The summed E-state index contributed by atoms with van der Waals surface area (Å²) >= 11 is 0. The average molecular weight is 416 g/mol. The normalized spacial score (nSPS) is 20.3. The number of ether oxygens (including phenoxy) is 1. The van der Waals surface area contributed by atoms with Crippen molar-refractivity contribution in [1.29, 1.82) is 0 Å². The summed E-state index contributed by atoms with van der Waals surface area (Å²) in [6.45, 7) is 0.620. The second kappa shape index (κ2) is 9.29. The molecule has 2 amide bonds. The molecular weight excluding hydrogens is 390 g/mol. The fraction of sp³-hybridized carbons (Fsp3) is 0.364. The summed E-state index contributed by atoms with van der Waals surface area (Å²) in [4.78, 5) is 25.0. The number of fused-ring (bicyclic) bond motifs is 1. The smallest absolute Gasteiger partial charge is 0.253 e. The minimum Gasteiger partial charge on any atom is -0.399 e. The summed E-state index contributed by atoms with van der Waals surface area (Å²) in [5, 5.41) is 5.98. The number of carbonyl (C=O) groups excluding carboxylic acids is 2. The number of hydrogen-bond donors (Lipinski definition) is 3. The zero-order valence-electron chi connectivity index (χ0n) is 16.1. The molecule has 0 saturated carbocycles. The number of nitrogens with one attached hydrogen (secondary N) is 2. The molecule has 154 valence electrons. The predicted octanol–water partition coefficient (Wildman–Crippen LogP) is 3.62. The standard InChI is InChI=1S/C22H25N3O3.ClH/c23-16-9-10-18-14(12-16)4-2-7-19(18)25-21(26)15-5-1-6-17(13-15)24-22(27)20-8-3-11-28-20;/h1,5-6,9-10,12-13,19-20H,2-4,7-8,11,23H2,(H,24,27)(H,25,26);1H. The van der Waals surface area contributed by atoms with Crippen LogP contribution in [0.3, 0.4) is 0 Å². The Morgan fingerprint density at radius 3 is 2.72 bits per heavy atom. The molecule has 2 aromatic rings. The van der Waals surface area contributed by atoms with Crippen molar-refractivity contribution in [3.05, 3.63) is 59.2 Å². The van der Waals surface area contributed by atoms with Crippen molar-refractivity contribution in [3.8, 4) is 0 Å². The largest absolute Gasteiger partial charge is 0.399 e. The third kappa shape index (κ3) is 4.89. The Bertz CT molecular complexity index is 897. The molecule has 1 aliphatic heterocycles. The number of benzene rings is 2. The third-order valence-electron chi connectivity index (χ3n) is 5.40. The first-order valence-corrected chi connectivity index (χ1v) is 9.82. The van der Waals surface area contributed by atoms with Crippen LogP contribution in [-0.2, 0) is 16.0 Å². The van der Waals surface area contributed by atoms with Gasteiger partial charge < -0.3 is 21.1 Å². The SMILES string of the molecule is Cl.Nc1ccc2c(c1)CCCC2NC(=O)c1cccc(NC(=O)C2CCCO2)c1. The van der Waals surface area contributed by atoms with Gasteiger partial charge in [-0.15, -0.1) is 12.4 Å². The van der Waals surface area contributed by atoms with Crippen molar-refractivity contribution >= 4 is 35.6 Å². The Morgan fingerprint density at radius 2 is 1.93 bits per heavy atom.